The third-order valence-corrected chi connectivity index (χ3v) is 3.15. The van der Waals surface area contributed by atoms with Crippen molar-refractivity contribution >= 4 is 23.2 Å². The molecule has 0 aliphatic carbocycles. The topological polar surface area (TPSA) is 29.5 Å². The second-order valence-corrected chi connectivity index (χ2v) is 5.23. The molecule has 0 aliphatic heterocycles. The van der Waals surface area contributed by atoms with Gasteiger partial charge < -0.3 is 9.84 Å². The Morgan fingerprint density at radius 1 is 1.31 bits per heavy atom. The summed E-state index contributed by atoms with van der Waals surface area (Å²) in [4.78, 5) is 0. The highest BCUT2D eigenvalue weighted by Crippen LogP contribution is 2.25. The minimum atomic E-state index is -0.852. The summed E-state index contributed by atoms with van der Waals surface area (Å²) in [6, 6.07) is 6.88. The van der Waals surface area contributed by atoms with Gasteiger partial charge in [-0.15, -0.1) is 11.6 Å². The number of aliphatic hydroxyl groups is 1. The molecule has 0 saturated heterocycles. The third kappa shape index (κ3) is 4.60. The van der Waals surface area contributed by atoms with Gasteiger partial charge in [0.1, 0.15) is 5.75 Å². The van der Waals surface area contributed by atoms with Crippen LogP contribution in [0.25, 0.3) is 0 Å². The van der Waals surface area contributed by atoms with Crippen molar-refractivity contribution in [1.82, 2.24) is 0 Å². The summed E-state index contributed by atoms with van der Waals surface area (Å²) in [5.74, 6) is 1.08. The summed E-state index contributed by atoms with van der Waals surface area (Å²) in [6.45, 7) is 3.96. The van der Waals surface area contributed by atoms with Crippen molar-refractivity contribution in [3.8, 4) is 5.75 Å². The fourth-order valence-corrected chi connectivity index (χ4v) is 1.47. The smallest absolute Gasteiger partial charge is 0.197 e. The maximum absolute atomic E-state index is 9.72. The van der Waals surface area contributed by atoms with Crippen LogP contribution < -0.4 is 4.74 Å². The molecule has 0 heterocycles. The van der Waals surface area contributed by atoms with Gasteiger partial charge in [0.05, 0.1) is 0 Å². The first-order chi connectivity index (χ1) is 7.43. The van der Waals surface area contributed by atoms with Crippen molar-refractivity contribution < 1.29 is 9.84 Å². The Morgan fingerprint density at radius 2 is 1.88 bits per heavy atom. The number of alkyl halides is 1. The molecule has 0 aliphatic rings. The predicted octanol–water partition coefficient (Wildman–Crippen LogP) is 3.69. The van der Waals surface area contributed by atoms with Crippen LogP contribution >= 0.6 is 23.2 Å². The van der Waals surface area contributed by atoms with Crippen LogP contribution in [0.1, 0.15) is 20.3 Å². The molecule has 0 amide bonds. The van der Waals surface area contributed by atoms with Crippen molar-refractivity contribution in [2.45, 2.75) is 26.6 Å². The van der Waals surface area contributed by atoms with Gasteiger partial charge in [-0.3, -0.25) is 0 Å². The first-order valence-electron chi connectivity index (χ1n) is 5.09. The fraction of sp³-hybridized carbons (Fsp3) is 0.500. The Bertz CT molecular complexity index is 322. The molecule has 0 fully saturated rings. The van der Waals surface area contributed by atoms with Crippen LogP contribution in [0.4, 0.5) is 0 Å². The number of hydrogen-bond donors (Lipinski definition) is 1. The standard InChI is InChI=1S/C12H16Cl2O2/c1-12(2,8-13)7-11(15)16-10-5-3-9(14)4-6-10/h3-6,11,15H,7-8H2,1-2H3. The van der Waals surface area contributed by atoms with Crippen molar-refractivity contribution in [2.75, 3.05) is 5.88 Å². The van der Waals surface area contributed by atoms with E-state index in [-0.39, 0.29) is 5.41 Å². The molecule has 1 aromatic rings. The molecule has 16 heavy (non-hydrogen) atoms. The van der Waals surface area contributed by atoms with Gasteiger partial charge >= 0.3 is 0 Å². The van der Waals surface area contributed by atoms with Crippen molar-refractivity contribution in [3.05, 3.63) is 29.3 Å². The summed E-state index contributed by atoms with van der Waals surface area (Å²) in [5, 5.41) is 10.4. The van der Waals surface area contributed by atoms with E-state index in [4.69, 9.17) is 27.9 Å². The molecule has 2 nitrogen and oxygen atoms in total. The number of benzene rings is 1. The zero-order valence-corrected chi connectivity index (χ0v) is 10.9. The lowest BCUT2D eigenvalue weighted by Crippen LogP contribution is -2.26. The van der Waals surface area contributed by atoms with Crippen molar-refractivity contribution in [3.63, 3.8) is 0 Å². The maximum Gasteiger partial charge on any atom is 0.197 e. The molecule has 0 bridgehead atoms. The lowest BCUT2D eigenvalue weighted by Gasteiger charge is -2.24. The lowest BCUT2D eigenvalue weighted by atomic mass is 9.92. The molecule has 90 valence electrons. The van der Waals surface area contributed by atoms with Gasteiger partial charge in [0.25, 0.3) is 0 Å². The molecule has 0 aromatic heterocycles. The zero-order valence-electron chi connectivity index (χ0n) is 9.41. The first kappa shape index (κ1) is 13.6. The molecular formula is C12H16Cl2O2. The lowest BCUT2D eigenvalue weighted by molar-refractivity contribution is -0.0434. The largest absolute Gasteiger partial charge is 0.465 e. The van der Waals surface area contributed by atoms with E-state index in [2.05, 4.69) is 0 Å². The van der Waals surface area contributed by atoms with E-state index in [1.54, 1.807) is 24.3 Å². The quantitative estimate of drug-likeness (QED) is 0.648. The van der Waals surface area contributed by atoms with Crippen LogP contribution in [0.5, 0.6) is 5.75 Å². The van der Waals surface area contributed by atoms with Crippen LogP contribution in [-0.4, -0.2) is 17.3 Å². The monoisotopic (exact) mass is 262 g/mol. The molecule has 1 unspecified atom stereocenters. The SMILES string of the molecule is CC(C)(CCl)CC(O)Oc1ccc(Cl)cc1. The van der Waals surface area contributed by atoms with Crippen molar-refractivity contribution in [1.29, 1.82) is 0 Å². The number of ether oxygens (including phenoxy) is 1. The van der Waals surface area contributed by atoms with Crippen LogP contribution in [0.15, 0.2) is 24.3 Å². The number of aliphatic hydroxyl groups excluding tert-OH is 1. The first-order valence-corrected chi connectivity index (χ1v) is 6.00. The van der Waals surface area contributed by atoms with Crippen molar-refractivity contribution in [2.24, 2.45) is 5.41 Å². The number of rotatable bonds is 5. The normalized spacial score (nSPS) is 13.6. The van der Waals surface area contributed by atoms with Gasteiger partial charge in [0.15, 0.2) is 6.29 Å². The van der Waals surface area contributed by atoms with Crippen LogP contribution in [0, 0.1) is 5.41 Å². The van der Waals surface area contributed by atoms with E-state index in [1.807, 2.05) is 13.8 Å². The predicted molar refractivity (Wildman–Crippen MR) is 67.2 cm³/mol. The van der Waals surface area contributed by atoms with E-state index < -0.39 is 6.29 Å². The molecule has 1 aromatic carbocycles. The Morgan fingerprint density at radius 3 is 2.38 bits per heavy atom. The van der Waals surface area contributed by atoms with Crippen LogP contribution in [-0.2, 0) is 0 Å². The van der Waals surface area contributed by atoms with E-state index in [0.717, 1.165) is 0 Å². The Hall–Kier alpha value is -0.440. The Kier molecular flexibility index (Phi) is 4.90. The average Bonchev–Trinajstić information content (AvgIpc) is 2.21. The maximum atomic E-state index is 9.72. The average molecular weight is 263 g/mol. The van der Waals surface area contributed by atoms with E-state index in [0.29, 0.717) is 23.1 Å². The minimum Gasteiger partial charge on any atom is -0.465 e. The Balaban J connectivity index is 2.51. The number of hydrogen-bond acceptors (Lipinski definition) is 2. The van der Waals surface area contributed by atoms with E-state index in [1.165, 1.54) is 0 Å². The van der Waals surface area contributed by atoms with Gasteiger partial charge in [0, 0.05) is 17.3 Å². The molecule has 1 rings (SSSR count). The molecule has 0 radical (unpaired) electrons. The molecule has 0 spiro atoms. The highest BCUT2D eigenvalue weighted by Gasteiger charge is 2.22. The highest BCUT2D eigenvalue weighted by molar-refractivity contribution is 6.30. The molecule has 4 heteroatoms. The van der Waals surface area contributed by atoms with Crippen LogP contribution in [0.2, 0.25) is 5.02 Å². The summed E-state index contributed by atoms with van der Waals surface area (Å²) >= 11 is 11.5. The summed E-state index contributed by atoms with van der Waals surface area (Å²) < 4.78 is 5.35. The van der Waals surface area contributed by atoms with Gasteiger partial charge in [-0.05, 0) is 29.7 Å². The zero-order chi connectivity index (χ0) is 12.2. The molecular weight excluding hydrogens is 247 g/mol. The summed E-state index contributed by atoms with van der Waals surface area (Å²) in [6.07, 6.45) is -0.367. The minimum absolute atomic E-state index is 0.145. The van der Waals surface area contributed by atoms with Gasteiger partial charge in [-0.2, -0.15) is 0 Å². The third-order valence-electron chi connectivity index (χ3n) is 2.17. The number of halogens is 2. The fourth-order valence-electron chi connectivity index (χ4n) is 1.24. The van der Waals surface area contributed by atoms with Gasteiger partial charge in [-0.25, -0.2) is 0 Å². The van der Waals surface area contributed by atoms with E-state index >= 15 is 0 Å². The van der Waals surface area contributed by atoms with Gasteiger partial charge in [-0.1, -0.05) is 25.4 Å². The van der Waals surface area contributed by atoms with Gasteiger partial charge in [0.2, 0.25) is 0 Å². The summed E-state index contributed by atoms with van der Waals surface area (Å²) in [7, 11) is 0. The second kappa shape index (κ2) is 5.76. The molecule has 1 atom stereocenters. The van der Waals surface area contributed by atoms with Crippen LogP contribution in [0.3, 0.4) is 0 Å². The molecule has 1 N–H and O–H groups in total. The highest BCUT2D eigenvalue weighted by atomic mass is 35.5. The summed E-state index contributed by atoms with van der Waals surface area (Å²) in [5.41, 5.74) is -0.145. The Labute approximate surface area is 106 Å². The molecule has 0 saturated carbocycles. The van der Waals surface area contributed by atoms with E-state index in [9.17, 15) is 5.11 Å². The second-order valence-electron chi connectivity index (χ2n) is 4.53.